The van der Waals surface area contributed by atoms with Crippen LogP contribution in [-0.4, -0.2) is 26.2 Å². The molecule has 2 heteroatoms. The van der Waals surface area contributed by atoms with Crippen LogP contribution < -0.4 is 10.2 Å². The molecule has 0 amide bonds. The minimum Gasteiger partial charge on any atom is -0.369 e. The summed E-state index contributed by atoms with van der Waals surface area (Å²) in [5.74, 6) is 0.622. The van der Waals surface area contributed by atoms with Gasteiger partial charge in [0, 0.05) is 31.9 Å². The van der Waals surface area contributed by atoms with E-state index in [1.54, 1.807) is 0 Å². The van der Waals surface area contributed by atoms with Gasteiger partial charge in [-0.15, -0.1) is 0 Å². The van der Waals surface area contributed by atoms with E-state index >= 15 is 0 Å². The van der Waals surface area contributed by atoms with Crippen molar-refractivity contribution in [3.63, 3.8) is 0 Å². The minimum absolute atomic E-state index is 0.622. The maximum atomic E-state index is 3.39. The second kappa shape index (κ2) is 4.88. The summed E-state index contributed by atoms with van der Waals surface area (Å²) in [5, 5.41) is 3.39. The molecule has 0 radical (unpaired) electrons. The van der Waals surface area contributed by atoms with Gasteiger partial charge in [0.05, 0.1) is 0 Å². The summed E-state index contributed by atoms with van der Waals surface area (Å²) in [6.07, 6.45) is 0. The van der Waals surface area contributed by atoms with E-state index in [0.717, 1.165) is 26.2 Å². The monoisotopic (exact) mass is 218 g/mol. The number of nitrogens with one attached hydrogen (secondary N) is 1. The highest BCUT2D eigenvalue weighted by Crippen LogP contribution is 2.24. The lowest BCUT2D eigenvalue weighted by Gasteiger charge is -2.30. The van der Waals surface area contributed by atoms with E-state index in [9.17, 15) is 0 Å². The summed E-state index contributed by atoms with van der Waals surface area (Å²) >= 11 is 0. The highest BCUT2D eigenvalue weighted by molar-refractivity contribution is 5.51. The van der Waals surface area contributed by atoms with Gasteiger partial charge in [-0.25, -0.2) is 0 Å². The first-order valence-corrected chi connectivity index (χ1v) is 6.24. The number of benzene rings is 1. The van der Waals surface area contributed by atoms with E-state index < -0.39 is 0 Å². The summed E-state index contributed by atoms with van der Waals surface area (Å²) in [6.45, 7) is 11.2. The van der Waals surface area contributed by atoms with Crippen molar-refractivity contribution in [2.75, 3.05) is 31.1 Å². The number of piperazine rings is 1. The molecule has 1 heterocycles. The largest absolute Gasteiger partial charge is 0.369 e. The normalized spacial score (nSPS) is 16.9. The Labute approximate surface area is 98.7 Å². The average molecular weight is 218 g/mol. The Morgan fingerprint density at radius 3 is 2.44 bits per heavy atom. The molecule has 0 atom stereocenters. The maximum Gasteiger partial charge on any atom is 0.0369 e. The Balaban J connectivity index is 2.19. The number of nitrogens with zero attached hydrogens (tertiary/aromatic N) is 1. The van der Waals surface area contributed by atoms with E-state index in [1.807, 2.05) is 0 Å². The molecule has 1 aliphatic heterocycles. The lowest BCUT2D eigenvalue weighted by Crippen LogP contribution is -2.43. The average Bonchev–Trinajstić information content (AvgIpc) is 2.29. The predicted octanol–water partition coefficient (Wildman–Crippen LogP) is 2.53. The number of hydrogen-bond acceptors (Lipinski definition) is 2. The summed E-state index contributed by atoms with van der Waals surface area (Å²) < 4.78 is 0. The molecule has 16 heavy (non-hydrogen) atoms. The van der Waals surface area contributed by atoms with Gasteiger partial charge in [-0.05, 0) is 36.1 Å². The van der Waals surface area contributed by atoms with Gasteiger partial charge in [-0.3, -0.25) is 0 Å². The molecular formula is C14H22N2. The zero-order valence-corrected chi connectivity index (χ0v) is 10.6. The number of anilines is 1. The first-order valence-electron chi connectivity index (χ1n) is 6.24. The zero-order valence-electron chi connectivity index (χ0n) is 10.6. The molecule has 1 fully saturated rings. The van der Waals surface area contributed by atoms with Crippen LogP contribution in [0.3, 0.4) is 0 Å². The molecule has 2 rings (SSSR count). The van der Waals surface area contributed by atoms with Crippen LogP contribution in [0.2, 0.25) is 0 Å². The van der Waals surface area contributed by atoms with Crippen molar-refractivity contribution in [3.8, 4) is 0 Å². The maximum absolute atomic E-state index is 3.39. The number of hydrogen-bond donors (Lipinski definition) is 1. The van der Waals surface area contributed by atoms with E-state index in [-0.39, 0.29) is 0 Å². The predicted molar refractivity (Wildman–Crippen MR) is 70.4 cm³/mol. The molecule has 1 aromatic carbocycles. The fourth-order valence-electron chi connectivity index (χ4n) is 2.43. The highest BCUT2D eigenvalue weighted by atomic mass is 15.2. The first-order chi connectivity index (χ1) is 7.68. The van der Waals surface area contributed by atoms with Crippen LogP contribution in [0.5, 0.6) is 0 Å². The van der Waals surface area contributed by atoms with Crippen LogP contribution in [0, 0.1) is 6.92 Å². The molecule has 1 aliphatic rings. The second-order valence-electron chi connectivity index (χ2n) is 4.93. The molecule has 0 saturated carbocycles. The molecule has 0 unspecified atom stereocenters. The Hall–Kier alpha value is -1.02. The summed E-state index contributed by atoms with van der Waals surface area (Å²) in [6, 6.07) is 6.89. The Morgan fingerprint density at radius 1 is 1.19 bits per heavy atom. The van der Waals surface area contributed by atoms with Gasteiger partial charge in [-0.1, -0.05) is 19.9 Å². The third-order valence-corrected chi connectivity index (χ3v) is 3.36. The smallest absolute Gasteiger partial charge is 0.0369 e. The van der Waals surface area contributed by atoms with Gasteiger partial charge in [0.1, 0.15) is 0 Å². The van der Waals surface area contributed by atoms with Crippen molar-refractivity contribution in [1.82, 2.24) is 5.32 Å². The SMILES string of the molecule is Cc1cc(N2CCNCC2)ccc1C(C)C. The van der Waals surface area contributed by atoms with E-state index in [0.29, 0.717) is 5.92 Å². The second-order valence-corrected chi connectivity index (χ2v) is 4.93. The van der Waals surface area contributed by atoms with Gasteiger partial charge in [0.15, 0.2) is 0 Å². The van der Waals surface area contributed by atoms with Gasteiger partial charge in [0.25, 0.3) is 0 Å². The van der Waals surface area contributed by atoms with Gasteiger partial charge in [0.2, 0.25) is 0 Å². The van der Waals surface area contributed by atoms with Gasteiger partial charge >= 0.3 is 0 Å². The van der Waals surface area contributed by atoms with E-state index in [1.165, 1.54) is 16.8 Å². The molecule has 88 valence electrons. The third-order valence-electron chi connectivity index (χ3n) is 3.36. The fraction of sp³-hybridized carbons (Fsp3) is 0.571. The first kappa shape index (κ1) is 11.5. The van der Waals surface area contributed by atoms with Crippen molar-refractivity contribution >= 4 is 5.69 Å². The highest BCUT2D eigenvalue weighted by Gasteiger charge is 2.11. The summed E-state index contributed by atoms with van der Waals surface area (Å²) in [5.41, 5.74) is 4.27. The molecule has 1 saturated heterocycles. The van der Waals surface area contributed by atoms with Crippen LogP contribution >= 0.6 is 0 Å². The fourth-order valence-corrected chi connectivity index (χ4v) is 2.43. The number of aryl methyl sites for hydroxylation is 1. The van der Waals surface area contributed by atoms with E-state index in [2.05, 4.69) is 49.2 Å². The molecule has 1 N–H and O–H groups in total. The Morgan fingerprint density at radius 2 is 1.88 bits per heavy atom. The third kappa shape index (κ3) is 2.38. The van der Waals surface area contributed by atoms with Crippen molar-refractivity contribution in [1.29, 1.82) is 0 Å². The lowest BCUT2D eigenvalue weighted by atomic mass is 9.97. The summed E-state index contributed by atoms with van der Waals surface area (Å²) in [4.78, 5) is 2.47. The summed E-state index contributed by atoms with van der Waals surface area (Å²) in [7, 11) is 0. The van der Waals surface area contributed by atoms with Crippen molar-refractivity contribution in [3.05, 3.63) is 29.3 Å². The van der Waals surface area contributed by atoms with Crippen LogP contribution in [-0.2, 0) is 0 Å². The van der Waals surface area contributed by atoms with Crippen LogP contribution in [0.4, 0.5) is 5.69 Å². The molecule has 0 bridgehead atoms. The van der Waals surface area contributed by atoms with Crippen LogP contribution in [0.25, 0.3) is 0 Å². The zero-order chi connectivity index (χ0) is 11.5. The Kier molecular flexibility index (Phi) is 3.49. The Bertz CT molecular complexity index is 352. The van der Waals surface area contributed by atoms with E-state index in [4.69, 9.17) is 0 Å². The lowest BCUT2D eigenvalue weighted by molar-refractivity contribution is 0.589. The van der Waals surface area contributed by atoms with Crippen molar-refractivity contribution in [2.24, 2.45) is 0 Å². The molecule has 0 aromatic heterocycles. The topological polar surface area (TPSA) is 15.3 Å². The van der Waals surface area contributed by atoms with Crippen molar-refractivity contribution in [2.45, 2.75) is 26.7 Å². The van der Waals surface area contributed by atoms with Crippen LogP contribution in [0.15, 0.2) is 18.2 Å². The minimum atomic E-state index is 0.622. The standard InChI is InChI=1S/C14H22N2/c1-11(2)14-5-4-13(10-12(14)3)16-8-6-15-7-9-16/h4-5,10-11,15H,6-9H2,1-3H3. The molecular weight excluding hydrogens is 196 g/mol. The molecule has 0 spiro atoms. The van der Waals surface area contributed by atoms with Crippen molar-refractivity contribution < 1.29 is 0 Å². The molecule has 1 aromatic rings. The molecule has 0 aliphatic carbocycles. The number of rotatable bonds is 2. The molecule has 2 nitrogen and oxygen atoms in total. The van der Waals surface area contributed by atoms with Gasteiger partial charge < -0.3 is 10.2 Å². The quantitative estimate of drug-likeness (QED) is 0.820. The van der Waals surface area contributed by atoms with Crippen LogP contribution in [0.1, 0.15) is 30.9 Å². The van der Waals surface area contributed by atoms with Gasteiger partial charge in [-0.2, -0.15) is 0 Å².